The molecule has 0 atom stereocenters. The first-order valence-corrected chi connectivity index (χ1v) is 13.4. The number of alkyl halides is 2. The smallest absolute Gasteiger partial charge is 0.255 e. The number of amides is 2. The van der Waals surface area contributed by atoms with Gasteiger partial charge in [0.15, 0.2) is 0 Å². The highest BCUT2D eigenvalue weighted by Gasteiger charge is 2.46. The summed E-state index contributed by atoms with van der Waals surface area (Å²) in [5, 5.41) is 15.9. The molecule has 6 rings (SSSR count). The Balaban J connectivity index is 1.53. The average molecular weight is 585 g/mol. The number of carbonyl (C=O) groups is 2. The number of nitrogens with zero attached hydrogens (tertiary/aromatic N) is 3. The number of hydrogen-bond acceptors (Lipinski definition) is 7. The summed E-state index contributed by atoms with van der Waals surface area (Å²) < 4.78 is 40.3. The first-order valence-electron chi connectivity index (χ1n) is 13.4. The van der Waals surface area contributed by atoms with Crippen molar-refractivity contribution in [1.29, 1.82) is 5.26 Å². The number of pyridine rings is 1. The lowest BCUT2D eigenvalue weighted by Gasteiger charge is -2.35. The first-order chi connectivity index (χ1) is 20.6. The number of anilines is 2. The molecule has 10 nitrogen and oxygen atoms in total. The van der Waals surface area contributed by atoms with E-state index in [9.17, 15) is 23.6 Å². The Morgan fingerprint density at radius 3 is 2.77 bits per heavy atom. The minimum Gasteiger partial charge on any atom is -0.496 e. The van der Waals surface area contributed by atoms with Crippen LogP contribution in [0.5, 0.6) is 11.5 Å². The van der Waals surface area contributed by atoms with Crippen molar-refractivity contribution in [3.8, 4) is 40.0 Å². The highest BCUT2D eigenvalue weighted by Crippen LogP contribution is 2.48. The second-order valence-corrected chi connectivity index (χ2v) is 10.4. The van der Waals surface area contributed by atoms with Gasteiger partial charge in [0.1, 0.15) is 30.0 Å². The van der Waals surface area contributed by atoms with Gasteiger partial charge in [-0.3, -0.25) is 9.59 Å². The highest BCUT2D eigenvalue weighted by molar-refractivity contribution is 6.12. The molecule has 0 bridgehead atoms. The lowest BCUT2D eigenvalue weighted by Crippen LogP contribution is -2.50. The van der Waals surface area contributed by atoms with E-state index in [4.69, 9.17) is 15.2 Å². The molecule has 4 N–H and O–H groups in total. The summed E-state index contributed by atoms with van der Waals surface area (Å²) in [5.74, 6) is -2.74. The number of carbonyl (C=O) groups excluding carboxylic acids is 2. The number of rotatable bonds is 6. The fourth-order valence-corrected chi connectivity index (χ4v) is 5.69. The number of nitrogen functional groups attached to an aromatic ring is 1. The number of nitrogens with two attached hydrogens (primary N) is 1. The van der Waals surface area contributed by atoms with Gasteiger partial charge >= 0.3 is 0 Å². The molecule has 12 heteroatoms. The van der Waals surface area contributed by atoms with Crippen molar-refractivity contribution >= 4 is 34.2 Å². The SMILES string of the molecule is C=CC(=O)Nc1ccc2c(c1)OCCn1c-2c(-c2ccc(C(=O)NC3CC(F)(F)C3)c(OC)c2)c2c(N)ncc(C#N)c21. The van der Waals surface area contributed by atoms with Crippen LogP contribution in [0.25, 0.3) is 33.3 Å². The average Bonchev–Trinajstić information content (AvgIpc) is 3.20. The fraction of sp³-hybridized carbons (Fsp3) is 0.226. The molecule has 0 saturated heterocycles. The standard InChI is InChI=1S/C31H26F2N6O4/c1-3-24(40)37-18-5-7-20-23(11-18)43-9-8-39-27-17(14-34)15-36-29(35)26(27)25(28(20)39)16-4-6-21(22(10-16)42-2)30(41)38-19-12-31(32,33)13-19/h3-7,10-11,15,19H,1,8-9,12-13H2,2H3,(H2,35,36)(H,37,40)(H,38,41). The van der Waals surface area contributed by atoms with E-state index in [2.05, 4.69) is 28.3 Å². The zero-order valence-electron chi connectivity index (χ0n) is 23.0. The number of fused-ring (bicyclic) bond motifs is 5. The van der Waals surface area contributed by atoms with Crippen molar-refractivity contribution in [2.45, 2.75) is 31.4 Å². The van der Waals surface area contributed by atoms with E-state index in [1.807, 2.05) is 4.57 Å². The maximum absolute atomic E-state index is 13.3. The molecule has 3 heterocycles. The molecule has 0 unspecified atom stereocenters. The molecular formula is C31H26F2N6O4. The third-order valence-electron chi connectivity index (χ3n) is 7.65. The Hall–Kier alpha value is -5.44. The van der Waals surface area contributed by atoms with Gasteiger partial charge in [-0.25, -0.2) is 13.8 Å². The van der Waals surface area contributed by atoms with Crippen molar-refractivity contribution in [1.82, 2.24) is 14.9 Å². The van der Waals surface area contributed by atoms with Gasteiger partial charge in [0.25, 0.3) is 11.8 Å². The van der Waals surface area contributed by atoms with Crippen molar-refractivity contribution in [3.05, 3.63) is 66.4 Å². The van der Waals surface area contributed by atoms with E-state index in [1.54, 1.807) is 36.4 Å². The van der Waals surface area contributed by atoms with Crippen LogP contribution in [0.1, 0.15) is 28.8 Å². The van der Waals surface area contributed by atoms with Crippen molar-refractivity contribution in [2.75, 3.05) is 24.8 Å². The fourth-order valence-electron chi connectivity index (χ4n) is 5.69. The first kappa shape index (κ1) is 27.7. The van der Waals surface area contributed by atoms with E-state index < -0.39 is 30.7 Å². The molecular weight excluding hydrogens is 558 g/mol. The zero-order chi connectivity index (χ0) is 30.5. The van der Waals surface area contributed by atoms with Crippen molar-refractivity contribution in [2.24, 2.45) is 0 Å². The molecule has 0 spiro atoms. The third kappa shape index (κ3) is 4.78. The summed E-state index contributed by atoms with van der Waals surface area (Å²) in [7, 11) is 1.41. The normalized spacial score (nSPS) is 15.1. The quantitative estimate of drug-likeness (QED) is 0.274. The number of hydrogen-bond donors (Lipinski definition) is 3. The van der Waals surface area contributed by atoms with E-state index in [-0.39, 0.29) is 29.6 Å². The van der Waals surface area contributed by atoms with Gasteiger partial charge in [0.2, 0.25) is 5.91 Å². The van der Waals surface area contributed by atoms with Crippen LogP contribution in [0.2, 0.25) is 0 Å². The maximum Gasteiger partial charge on any atom is 0.255 e. The van der Waals surface area contributed by atoms with E-state index in [0.717, 1.165) is 0 Å². The van der Waals surface area contributed by atoms with Gasteiger partial charge in [0.05, 0.1) is 41.4 Å². The molecule has 2 aromatic heterocycles. The van der Waals surface area contributed by atoms with Crippen LogP contribution in [-0.4, -0.2) is 47.0 Å². The summed E-state index contributed by atoms with van der Waals surface area (Å²) in [6.45, 7) is 4.12. The van der Waals surface area contributed by atoms with Crippen LogP contribution in [0.15, 0.2) is 55.3 Å². The molecule has 0 radical (unpaired) electrons. The van der Waals surface area contributed by atoms with Gasteiger partial charge < -0.3 is 30.4 Å². The van der Waals surface area contributed by atoms with Crippen LogP contribution in [0, 0.1) is 11.3 Å². The van der Waals surface area contributed by atoms with E-state index >= 15 is 0 Å². The number of aromatic nitrogens is 2. The topological polar surface area (TPSA) is 144 Å². The van der Waals surface area contributed by atoms with Crippen LogP contribution < -0.4 is 25.8 Å². The highest BCUT2D eigenvalue weighted by atomic mass is 19.3. The third-order valence-corrected chi connectivity index (χ3v) is 7.65. The Morgan fingerprint density at radius 2 is 2.07 bits per heavy atom. The predicted molar refractivity (Wildman–Crippen MR) is 156 cm³/mol. The van der Waals surface area contributed by atoms with Crippen molar-refractivity contribution < 1.29 is 27.8 Å². The number of nitriles is 1. The molecule has 1 aliphatic carbocycles. The summed E-state index contributed by atoms with van der Waals surface area (Å²) >= 11 is 0. The van der Waals surface area contributed by atoms with Gasteiger partial charge in [0, 0.05) is 48.0 Å². The molecule has 2 aliphatic rings. The maximum atomic E-state index is 13.3. The van der Waals surface area contributed by atoms with Crippen LogP contribution in [0.4, 0.5) is 20.3 Å². The summed E-state index contributed by atoms with van der Waals surface area (Å²) in [6, 6.07) is 11.8. The largest absolute Gasteiger partial charge is 0.496 e. The van der Waals surface area contributed by atoms with E-state index in [1.165, 1.54) is 19.4 Å². The number of methoxy groups -OCH3 is 1. The predicted octanol–water partition coefficient (Wildman–Crippen LogP) is 4.88. The summed E-state index contributed by atoms with van der Waals surface area (Å²) in [5.41, 5.74) is 10.7. The monoisotopic (exact) mass is 584 g/mol. The lowest BCUT2D eigenvalue weighted by atomic mass is 9.88. The molecule has 1 fully saturated rings. The van der Waals surface area contributed by atoms with Crippen LogP contribution in [-0.2, 0) is 11.3 Å². The second kappa shape index (κ2) is 10.4. The van der Waals surface area contributed by atoms with Crippen molar-refractivity contribution in [3.63, 3.8) is 0 Å². The molecule has 1 aliphatic heterocycles. The molecule has 43 heavy (non-hydrogen) atoms. The molecule has 2 aromatic carbocycles. The number of nitrogens with one attached hydrogen (secondary N) is 2. The molecule has 2 amide bonds. The molecule has 218 valence electrons. The minimum atomic E-state index is -2.77. The number of halogens is 2. The Kier molecular flexibility index (Phi) is 6.73. The molecule has 1 saturated carbocycles. The zero-order valence-corrected chi connectivity index (χ0v) is 23.0. The van der Waals surface area contributed by atoms with Gasteiger partial charge in [-0.1, -0.05) is 12.6 Å². The van der Waals surface area contributed by atoms with Crippen LogP contribution >= 0.6 is 0 Å². The Bertz CT molecular complexity index is 1870. The van der Waals surface area contributed by atoms with Crippen LogP contribution in [0.3, 0.4) is 0 Å². The van der Waals surface area contributed by atoms with Gasteiger partial charge in [-0.2, -0.15) is 5.26 Å². The van der Waals surface area contributed by atoms with E-state index in [0.29, 0.717) is 56.8 Å². The van der Waals surface area contributed by atoms with Gasteiger partial charge in [-0.05, 0) is 35.9 Å². The Labute approximate surface area is 244 Å². The lowest BCUT2D eigenvalue weighted by molar-refractivity contribution is -0.111. The molecule has 4 aromatic rings. The minimum absolute atomic E-state index is 0.186. The number of benzene rings is 2. The van der Waals surface area contributed by atoms with Gasteiger partial charge in [-0.15, -0.1) is 0 Å². The summed E-state index contributed by atoms with van der Waals surface area (Å²) in [6.07, 6.45) is 1.78. The Morgan fingerprint density at radius 1 is 1.28 bits per heavy atom. The number of ether oxygens (including phenoxy) is 2. The summed E-state index contributed by atoms with van der Waals surface area (Å²) in [4.78, 5) is 29.2. The second-order valence-electron chi connectivity index (χ2n) is 10.4.